The molecule has 8 heteroatoms. The Morgan fingerprint density at radius 1 is 0.654 bits per heavy atom. The zero-order valence-electron chi connectivity index (χ0n) is 16.2. The van der Waals surface area contributed by atoms with E-state index in [0.717, 1.165) is 12.8 Å². The van der Waals surface area contributed by atoms with Crippen LogP contribution >= 0.6 is 0 Å². The normalized spacial score (nSPS) is 10.6. The Kier molecular flexibility index (Phi) is 27.0. The molecule has 26 heavy (non-hydrogen) atoms. The number of hydrogen-bond acceptors (Lipinski definition) is 6. The topological polar surface area (TPSA) is 120 Å². The minimum absolute atomic E-state index is 0. The van der Waals surface area contributed by atoms with Gasteiger partial charge in [0.05, 0.1) is 0 Å². The van der Waals surface area contributed by atoms with Crippen molar-refractivity contribution < 1.29 is 27.4 Å². The first kappa shape index (κ1) is 30.6. The molecule has 0 aromatic rings. The second-order valence-electron chi connectivity index (χ2n) is 6.48. The van der Waals surface area contributed by atoms with Gasteiger partial charge >= 0.3 is 17.4 Å². The summed E-state index contributed by atoms with van der Waals surface area (Å²) in [7, 11) is -5.17. The second kappa shape index (κ2) is 22.9. The van der Waals surface area contributed by atoms with Crippen LogP contribution in [-0.4, -0.2) is 40.9 Å². The molecule has 0 saturated carbocycles. The first-order valence-electron chi connectivity index (χ1n) is 9.64. The third-order valence-electron chi connectivity index (χ3n) is 3.98. The van der Waals surface area contributed by atoms with E-state index < -0.39 is 16.4 Å². The van der Waals surface area contributed by atoms with Crippen molar-refractivity contribution in [2.75, 3.05) is 0 Å². The number of hydrogen-bond donors (Lipinski definition) is 0. The summed E-state index contributed by atoms with van der Waals surface area (Å²) in [4.78, 5) is 10.2. The number of carbonyl (C=O) groups excluding carboxylic acids is 1. The van der Waals surface area contributed by atoms with Crippen molar-refractivity contribution in [2.45, 2.75) is 110 Å². The van der Waals surface area contributed by atoms with Crippen molar-refractivity contribution in [3.05, 3.63) is 0 Å². The average molecular weight is 407 g/mol. The van der Waals surface area contributed by atoms with E-state index in [1.165, 1.54) is 83.5 Å². The van der Waals surface area contributed by atoms with Gasteiger partial charge in [0.2, 0.25) is 0 Å². The standard InChI is InChI=1S/C18H36O2.Al.H2O4S/c1-2-3-4-5-6-7-8-9-10-11-12-13-14-15-16-17-18(19)20;;1-5(2,3)4/h2-17H2,1H3,(H,19,20);;(H2,1,2,3,4)/q;+3;/p-3. The number of carboxylic acid groups (broad SMARTS) is 1. The van der Waals surface area contributed by atoms with E-state index in [0.29, 0.717) is 0 Å². The maximum absolute atomic E-state index is 10.2. The maximum atomic E-state index is 10.2. The molecule has 0 N–H and O–H groups in total. The molecule has 0 aliphatic rings. The van der Waals surface area contributed by atoms with Crippen LogP contribution in [0.3, 0.4) is 0 Å². The van der Waals surface area contributed by atoms with Gasteiger partial charge in [-0.05, 0) is 12.8 Å². The molecule has 6 nitrogen and oxygen atoms in total. The monoisotopic (exact) mass is 406 g/mol. The molecule has 0 bridgehead atoms. The van der Waals surface area contributed by atoms with Crippen molar-refractivity contribution in [1.29, 1.82) is 0 Å². The van der Waals surface area contributed by atoms with Crippen LogP contribution in [-0.2, 0) is 15.2 Å². The number of carboxylic acids is 1. The maximum Gasteiger partial charge on any atom is 3.00 e. The molecule has 0 amide bonds. The van der Waals surface area contributed by atoms with Crippen LogP contribution in [0, 0.1) is 0 Å². The molecule has 0 rings (SSSR count). The molecule has 0 spiro atoms. The van der Waals surface area contributed by atoms with E-state index >= 15 is 0 Å². The van der Waals surface area contributed by atoms with Crippen LogP contribution in [0.4, 0.5) is 0 Å². The Labute approximate surface area is 170 Å². The van der Waals surface area contributed by atoms with E-state index in [-0.39, 0.29) is 23.8 Å². The van der Waals surface area contributed by atoms with Crippen LogP contribution in [0.2, 0.25) is 0 Å². The van der Waals surface area contributed by atoms with E-state index in [2.05, 4.69) is 6.92 Å². The van der Waals surface area contributed by atoms with Gasteiger partial charge in [-0.15, -0.1) is 0 Å². The first-order valence-corrected chi connectivity index (χ1v) is 11.0. The van der Waals surface area contributed by atoms with Crippen molar-refractivity contribution >= 4 is 33.7 Å². The fourth-order valence-corrected chi connectivity index (χ4v) is 2.64. The van der Waals surface area contributed by atoms with Gasteiger partial charge in [0, 0.05) is 16.4 Å². The van der Waals surface area contributed by atoms with Gasteiger partial charge in [-0.25, -0.2) is 0 Å². The Balaban J connectivity index is -0.000000772. The molecule has 0 unspecified atom stereocenters. The number of aliphatic carboxylic acids is 1. The van der Waals surface area contributed by atoms with E-state index in [4.69, 9.17) is 17.5 Å². The fourth-order valence-electron chi connectivity index (χ4n) is 2.64. The third-order valence-corrected chi connectivity index (χ3v) is 3.98. The van der Waals surface area contributed by atoms with Gasteiger partial charge in [0.1, 0.15) is 0 Å². The summed E-state index contributed by atoms with van der Waals surface area (Å²) in [5.74, 6) is -0.903. The summed E-state index contributed by atoms with van der Waals surface area (Å²) < 4.78 is 34.1. The smallest absolute Gasteiger partial charge is 0.759 e. The largest absolute Gasteiger partial charge is 3.00 e. The van der Waals surface area contributed by atoms with E-state index in [1.807, 2.05) is 0 Å². The van der Waals surface area contributed by atoms with Crippen LogP contribution in [0.15, 0.2) is 0 Å². The molecular weight excluding hydrogens is 371 g/mol. The molecule has 0 aliphatic heterocycles. The molecule has 0 atom stereocenters. The van der Waals surface area contributed by atoms with Crippen molar-refractivity contribution in [1.82, 2.24) is 0 Å². The molecule has 0 heterocycles. The Morgan fingerprint density at radius 2 is 0.885 bits per heavy atom. The molecule has 0 aliphatic carbocycles. The fraction of sp³-hybridized carbons (Fsp3) is 0.944. The van der Waals surface area contributed by atoms with E-state index in [1.54, 1.807) is 0 Å². The Hall–Kier alpha value is -0.128. The predicted octanol–water partition coefficient (Wildman–Crippen LogP) is 3.28. The zero-order valence-corrected chi connectivity index (χ0v) is 18.2. The van der Waals surface area contributed by atoms with Gasteiger partial charge in [-0.1, -0.05) is 96.8 Å². The second-order valence-corrected chi connectivity index (χ2v) is 7.30. The van der Waals surface area contributed by atoms with Crippen molar-refractivity contribution in [2.24, 2.45) is 0 Å². The number of rotatable bonds is 16. The molecule has 0 radical (unpaired) electrons. The van der Waals surface area contributed by atoms with Gasteiger partial charge in [-0.3, -0.25) is 8.42 Å². The first-order chi connectivity index (χ1) is 11.8. The zero-order chi connectivity index (χ0) is 19.4. The van der Waals surface area contributed by atoms with E-state index in [9.17, 15) is 9.90 Å². The van der Waals surface area contributed by atoms with Crippen LogP contribution in [0.5, 0.6) is 0 Å². The minimum Gasteiger partial charge on any atom is -0.759 e. The minimum atomic E-state index is -5.17. The van der Waals surface area contributed by atoms with Gasteiger partial charge in [0.25, 0.3) is 0 Å². The molecular formula is C18H35AlO6S. The van der Waals surface area contributed by atoms with Gasteiger partial charge in [-0.2, -0.15) is 0 Å². The summed E-state index contributed by atoms with van der Waals surface area (Å²) in [6.45, 7) is 2.27. The van der Waals surface area contributed by atoms with Crippen molar-refractivity contribution in [3.8, 4) is 0 Å². The molecule has 0 fully saturated rings. The summed E-state index contributed by atoms with van der Waals surface area (Å²) in [5.41, 5.74) is 0. The summed E-state index contributed by atoms with van der Waals surface area (Å²) in [6.07, 6.45) is 19.9. The summed E-state index contributed by atoms with van der Waals surface area (Å²) >= 11 is 0. The SMILES string of the molecule is CCCCCCCCCCCCCCCCCC(=O)[O-].O=S(=O)([O-])[O-].[Al+3]. The predicted molar refractivity (Wildman–Crippen MR) is 101 cm³/mol. The van der Waals surface area contributed by atoms with Crippen LogP contribution in [0.25, 0.3) is 0 Å². The van der Waals surface area contributed by atoms with Gasteiger partial charge in [0.15, 0.2) is 0 Å². The third kappa shape index (κ3) is 43.9. The summed E-state index contributed by atoms with van der Waals surface area (Å²) in [5, 5.41) is 10.2. The molecule has 152 valence electrons. The number of unbranched alkanes of at least 4 members (excludes halogenated alkanes) is 14. The van der Waals surface area contributed by atoms with Crippen molar-refractivity contribution in [3.63, 3.8) is 0 Å². The van der Waals surface area contributed by atoms with Crippen LogP contribution < -0.4 is 5.11 Å². The Bertz CT molecular complexity index is 379. The molecule has 0 saturated heterocycles. The van der Waals surface area contributed by atoms with Crippen LogP contribution in [0.1, 0.15) is 110 Å². The number of carbonyl (C=O) groups is 1. The summed E-state index contributed by atoms with van der Waals surface area (Å²) in [6, 6.07) is 0. The van der Waals surface area contributed by atoms with Gasteiger partial charge < -0.3 is 19.0 Å². The quantitative estimate of drug-likeness (QED) is 0.168. The average Bonchev–Trinajstić information content (AvgIpc) is 2.49. The molecule has 0 aromatic carbocycles. The Morgan fingerprint density at radius 3 is 1.12 bits per heavy atom. The molecule has 0 aromatic heterocycles.